The summed E-state index contributed by atoms with van der Waals surface area (Å²) in [6.07, 6.45) is 3.97. The van der Waals surface area contributed by atoms with Gasteiger partial charge in [-0.1, -0.05) is 32.9 Å². The Balaban J connectivity index is 1.63. The molecule has 6 heteroatoms. The number of ketones is 2. The van der Waals surface area contributed by atoms with Gasteiger partial charge in [0.1, 0.15) is 0 Å². The fraction of sp³-hybridized carbons (Fsp3) is 0.759. The Morgan fingerprint density at radius 1 is 1.11 bits per heavy atom. The van der Waals surface area contributed by atoms with E-state index in [0.29, 0.717) is 36.8 Å². The largest absolute Gasteiger partial charge is 0.481 e. The van der Waals surface area contributed by atoms with Crippen LogP contribution in [0.3, 0.4) is 0 Å². The van der Waals surface area contributed by atoms with E-state index >= 15 is 0 Å². The van der Waals surface area contributed by atoms with Gasteiger partial charge in [0.25, 0.3) is 0 Å². The molecule has 0 heterocycles. The second-order valence-electron chi connectivity index (χ2n) is 12.7. The van der Waals surface area contributed by atoms with Crippen LogP contribution in [0.1, 0.15) is 86.0 Å². The lowest BCUT2D eigenvalue weighted by Crippen LogP contribution is -2.61. The number of rotatable bonds is 6. The number of carbonyl (C=O) groups is 3. The molecule has 0 saturated heterocycles. The van der Waals surface area contributed by atoms with Crippen molar-refractivity contribution in [3.8, 4) is 0 Å². The molecular weight excluding hydrogens is 444 g/mol. The summed E-state index contributed by atoms with van der Waals surface area (Å²) in [6.45, 7) is 13.6. The average Bonchev–Trinajstić information content (AvgIpc) is 3.12. The smallest absolute Gasteiger partial charge is 0.310 e. The molecule has 0 bridgehead atoms. The SMILES string of the molecule is C=C(CC[C@@H](C)[C@H]1CC[C@H]2C3=C(C(=O)C[C@]12C)[C@@]1(C)CC[C@@H](O)[C@](C)(O)[C@@H]1CC3=O)[C@@H](C)C(=O)O. The highest BCUT2D eigenvalue weighted by Gasteiger charge is 2.64. The van der Waals surface area contributed by atoms with Crippen molar-refractivity contribution < 1.29 is 29.7 Å². The molecule has 0 amide bonds. The number of hydrogen-bond donors (Lipinski definition) is 3. The summed E-state index contributed by atoms with van der Waals surface area (Å²) in [5.74, 6) is -1.30. The van der Waals surface area contributed by atoms with E-state index in [2.05, 4.69) is 20.4 Å². The van der Waals surface area contributed by atoms with E-state index < -0.39 is 34.9 Å². The van der Waals surface area contributed by atoms with Crippen LogP contribution in [0.4, 0.5) is 0 Å². The van der Waals surface area contributed by atoms with Crippen LogP contribution in [0.25, 0.3) is 0 Å². The summed E-state index contributed by atoms with van der Waals surface area (Å²) in [5, 5.41) is 30.9. The molecule has 3 N–H and O–H groups in total. The number of carboxylic acid groups (broad SMARTS) is 1. The van der Waals surface area contributed by atoms with Gasteiger partial charge >= 0.3 is 5.97 Å². The lowest BCUT2D eigenvalue weighted by atomic mass is 9.47. The topological polar surface area (TPSA) is 112 Å². The third kappa shape index (κ3) is 3.87. The number of aliphatic hydroxyl groups is 2. The van der Waals surface area contributed by atoms with E-state index in [9.17, 15) is 29.7 Å². The molecule has 0 radical (unpaired) electrons. The summed E-state index contributed by atoms with van der Waals surface area (Å²) in [5.41, 5.74) is -0.214. The van der Waals surface area contributed by atoms with E-state index in [1.807, 2.05) is 6.92 Å². The minimum atomic E-state index is -1.40. The van der Waals surface area contributed by atoms with Crippen molar-refractivity contribution in [3.05, 3.63) is 23.3 Å². The molecule has 4 aliphatic carbocycles. The number of allylic oxidation sites excluding steroid dienone is 2. The van der Waals surface area contributed by atoms with Crippen LogP contribution in [0.5, 0.6) is 0 Å². The monoisotopic (exact) mass is 486 g/mol. The second-order valence-corrected chi connectivity index (χ2v) is 12.7. The van der Waals surface area contributed by atoms with Crippen LogP contribution in [0.15, 0.2) is 23.3 Å². The predicted molar refractivity (Wildman–Crippen MR) is 132 cm³/mol. The van der Waals surface area contributed by atoms with Gasteiger partial charge < -0.3 is 15.3 Å². The number of aliphatic carboxylic acids is 1. The van der Waals surface area contributed by atoms with Crippen molar-refractivity contribution in [3.63, 3.8) is 0 Å². The molecule has 6 nitrogen and oxygen atoms in total. The van der Waals surface area contributed by atoms with Gasteiger partial charge in [-0.2, -0.15) is 0 Å². The molecule has 194 valence electrons. The van der Waals surface area contributed by atoms with E-state index in [0.717, 1.165) is 24.8 Å². The van der Waals surface area contributed by atoms with Gasteiger partial charge in [0, 0.05) is 35.3 Å². The summed E-state index contributed by atoms with van der Waals surface area (Å²) >= 11 is 0. The fourth-order valence-electron chi connectivity index (χ4n) is 8.46. The Labute approximate surface area is 208 Å². The van der Waals surface area contributed by atoms with Gasteiger partial charge in [0.15, 0.2) is 11.6 Å². The highest BCUT2D eigenvalue weighted by atomic mass is 16.4. The van der Waals surface area contributed by atoms with E-state index in [4.69, 9.17) is 0 Å². The molecule has 0 aromatic rings. The highest BCUT2D eigenvalue weighted by molar-refractivity contribution is 6.11. The minimum Gasteiger partial charge on any atom is -0.481 e. The van der Waals surface area contributed by atoms with Crippen molar-refractivity contribution >= 4 is 17.5 Å². The average molecular weight is 487 g/mol. The Morgan fingerprint density at radius 2 is 1.77 bits per heavy atom. The van der Waals surface area contributed by atoms with Gasteiger partial charge in [-0.05, 0) is 75.5 Å². The molecule has 2 saturated carbocycles. The van der Waals surface area contributed by atoms with Crippen LogP contribution >= 0.6 is 0 Å². The lowest BCUT2D eigenvalue weighted by molar-refractivity contribution is -0.170. The van der Waals surface area contributed by atoms with Crippen molar-refractivity contribution in [2.45, 2.75) is 97.7 Å². The standard InChI is InChI=1S/C29H42O6/c1-15(17(3)26(33)34)7-8-16(2)18-9-10-19-24-20(30)13-22-27(4,12-11-23(32)29(22,6)35)25(24)21(31)14-28(18,19)5/h16-19,22-23,32,35H,1,7-14H2,2-6H3,(H,33,34)/t16-,17-,18-,19+,22-,23-,27+,28-,29-/m1/s1. The molecule has 0 aromatic heterocycles. The molecule has 9 atom stereocenters. The number of Topliss-reactive ketones (excluding diaryl/α,β-unsaturated/α-hetero) is 2. The van der Waals surface area contributed by atoms with Crippen LogP contribution in [0, 0.1) is 40.4 Å². The number of aliphatic hydroxyl groups excluding tert-OH is 1. The first-order valence-corrected chi connectivity index (χ1v) is 13.3. The summed E-state index contributed by atoms with van der Waals surface area (Å²) in [4.78, 5) is 38.8. The number of carbonyl (C=O) groups excluding carboxylic acids is 2. The Hall–Kier alpha value is -1.79. The van der Waals surface area contributed by atoms with Crippen molar-refractivity contribution in [2.24, 2.45) is 40.4 Å². The fourth-order valence-corrected chi connectivity index (χ4v) is 8.46. The Kier molecular flexibility index (Phi) is 6.50. The van der Waals surface area contributed by atoms with Crippen molar-refractivity contribution in [2.75, 3.05) is 0 Å². The van der Waals surface area contributed by atoms with Gasteiger partial charge in [0.2, 0.25) is 0 Å². The Bertz CT molecular complexity index is 991. The number of fused-ring (bicyclic) bond motifs is 4. The van der Waals surface area contributed by atoms with Crippen LogP contribution < -0.4 is 0 Å². The molecule has 0 unspecified atom stereocenters. The Morgan fingerprint density at radius 3 is 2.40 bits per heavy atom. The highest BCUT2D eigenvalue weighted by Crippen LogP contribution is 2.65. The minimum absolute atomic E-state index is 0.0295. The molecule has 0 aromatic carbocycles. The van der Waals surface area contributed by atoms with Crippen LogP contribution in [-0.4, -0.2) is 44.6 Å². The summed E-state index contributed by atoms with van der Waals surface area (Å²) in [6, 6.07) is 0. The zero-order chi connectivity index (χ0) is 26.1. The molecule has 35 heavy (non-hydrogen) atoms. The van der Waals surface area contributed by atoms with E-state index in [1.54, 1.807) is 13.8 Å². The first-order chi connectivity index (χ1) is 16.2. The normalized spacial score (nSPS) is 42.7. The van der Waals surface area contributed by atoms with Gasteiger partial charge in [-0.3, -0.25) is 14.4 Å². The summed E-state index contributed by atoms with van der Waals surface area (Å²) < 4.78 is 0. The van der Waals surface area contributed by atoms with Crippen LogP contribution in [-0.2, 0) is 14.4 Å². The van der Waals surface area contributed by atoms with Gasteiger partial charge in [-0.15, -0.1) is 0 Å². The first-order valence-electron chi connectivity index (χ1n) is 13.3. The van der Waals surface area contributed by atoms with Crippen molar-refractivity contribution in [1.29, 1.82) is 0 Å². The van der Waals surface area contributed by atoms with Gasteiger partial charge in [0.05, 0.1) is 17.6 Å². The maximum Gasteiger partial charge on any atom is 0.310 e. The van der Waals surface area contributed by atoms with E-state index in [1.165, 1.54) is 0 Å². The first kappa shape index (κ1) is 26.3. The number of carboxylic acids is 1. The van der Waals surface area contributed by atoms with Gasteiger partial charge in [-0.25, -0.2) is 0 Å². The van der Waals surface area contributed by atoms with Crippen LogP contribution in [0.2, 0.25) is 0 Å². The maximum absolute atomic E-state index is 13.8. The predicted octanol–water partition coefficient (Wildman–Crippen LogP) is 4.48. The molecular formula is C29H42O6. The summed E-state index contributed by atoms with van der Waals surface area (Å²) in [7, 11) is 0. The zero-order valence-electron chi connectivity index (χ0n) is 21.9. The van der Waals surface area contributed by atoms with Crippen molar-refractivity contribution in [1.82, 2.24) is 0 Å². The molecule has 0 aliphatic heterocycles. The third-order valence-corrected chi connectivity index (χ3v) is 10.8. The second kappa shape index (κ2) is 8.65. The molecule has 0 spiro atoms. The zero-order valence-corrected chi connectivity index (χ0v) is 21.9. The quantitative estimate of drug-likeness (QED) is 0.477. The molecule has 2 fully saturated rings. The third-order valence-electron chi connectivity index (χ3n) is 10.8. The lowest BCUT2D eigenvalue weighted by Gasteiger charge is -2.57. The molecule has 4 rings (SSSR count). The number of hydrogen-bond acceptors (Lipinski definition) is 5. The molecule has 4 aliphatic rings. The van der Waals surface area contributed by atoms with E-state index in [-0.39, 0.29) is 41.2 Å². The maximum atomic E-state index is 13.8.